The van der Waals surface area contributed by atoms with E-state index in [-0.39, 0.29) is 6.10 Å². The van der Waals surface area contributed by atoms with Gasteiger partial charge < -0.3 is 15.2 Å². The molecule has 0 radical (unpaired) electrons. The summed E-state index contributed by atoms with van der Waals surface area (Å²) < 4.78 is 10.9. The maximum absolute atomic E-state index is 5.55. The Labute approximate surface area is 90.4 Å². The van der Waals surface area contributed by atoms with Crippen molar-refractivity contribution in [1.29, 1.82) is 0 Å². The number of pyridine rings is 1. The molecule has 0 bridgehead atoms. The van der Waals surface area contributed by atoms with E-state index in [0.29, 0.717) is 19.8 Å². The van der Waals surface area contributed by atoms with Gasteiger partial charge in [-0.05, 0) is 19.1 Å². The highest BCUT2D eigenvalue weighted by atomic mass is 16.5. The topological polar surface area (TPSA) is 57.4 Å². The summed E-state index contributed by atoms with van der Waals surface area (Å²) in [4.78, 5) is 3.96. The van der Waals surface area contributed by atoms with Crippen LogP contribution in [0.1, 0.15) is 13.3 Å². The average Bonchev–Trinajstić information content (AvgIpc) is 2.29. The van der Waals surface area contributed by atoms with Crippen LogP contribution in [0.3, 0.4) is 0 Å². The van der Waals surface area contributed by atoms with E-state index in [1.165, 1.54) is 0 Å². The molecular formula is C11H18N2O2. The van der Waals surface area contributed by atoms with E-state index in [4.69, 9.17) is 15.2 Å². The smallest absolute Gasteiger partial charge is 0.137 e. The molecule has 0 aliphatic carbocycles. The zero-order valence-electron chi connectivity index (χ0n) is 9.06. The van der Waals surface area contributed by atoms with Crippen LogP contribution in [0.5, 0.6) is 5.75 Å². The van der Waals surface area contributed by atoms with E-state index in [9.17, 15) is 0 Å². The average molecular weight is 210 g/mol. The number of nitrogens with zero attached hydrogens (tertiary/aromatic N) is 1. The van der Waals surface area contributed by atoms with Gasteiger partial charge in [-0.2, -0.15) is 0 Å². The lowest BCUT2D eigenvalue weighted by atomic mass is 10.2. The summed E-state index contributed by atoms with van der Waals surface area (Å²) in [6.07, 6.45) is 4.30. The summed E-state index contributed by atoms with van der Waals surface area (Å²) in [5.74, 6) is 0.782. The molecule has 0 amide bonds. The fourth-order valence-corrected chi connectivity index (χ4v) is 1.25. The number of rotatable bonds is 7. The van der Waals surface area contributed by atoms with Crippen LogP contribution >= 0.6 is 0 Å². The van der Waals surface area contributed by atoms with Crippen molar-refractivity contribution in [2.24, 2.45) is 5.73 Å². The first-order valence-electron chi connectivity index (χ1n) is 5.21. The Balaban J connectivity index is 2.20. The van der Waals surface area contributed by atoms with Crippen LogP contribution in [0.4, 0.5) is 0 Å². The summed E-state index contributed by atoms with van der Waals surface area (Å²) >= 11 is 0. The standard InChI is InChI=1S/C11H18N2O2/c1-2-14-10(8-12)5-7-15-11-4-3-6-13-9-11/h3-4,6,9-10H,2,5,7-8,12H2,1H3. The number of hydrogen-bond donors (Lipinski definition) is 1. The van der Waals surface area contributed by atoms with Gasteiger partial charge >= 0.3 is 0 Å². The van der Waals surface area contributed by atoms with Crippen LogP contribution in [0.2, 0.25) is 0 Å². The molecule has 0 aliphatic heterocycles. The molecule has 0 saturated carbocycles. The van der Waals surface area contributed by atoms with Crippen LogP contribution in [0.25, 0.3) is 0 Å². The molecule has 2 N–H and O–H groups in total. The number of ether oxygens (including phenoxy) is 2. The predicted octanol–water partition coefficient (Wildman–Crippen LogP) is 1.21. The summed E-state index contributed by atoms with van der Waals surface area (Å²) in [7, 11) is 0. The molecule has 1 heterocycles. The minimum atomic E-state index is 0.0895. The zero-order chi connectivity index (χ0) is 10.9. The minimum absolute atomic E-state index is 0.0895. The van der Waals surface area contributed by atoms with Crippen molar-refractivity contribution in [1.82, 2.24) is 4.98 Å². The van der Waals surface area contributed by atoms with Crippen LogP contribution in [0.15, 0.2) is 24.5 Å². The van der Waals surface area contributed by atoms with Crippen molar-refractivity contribution in [3.8, 4) is 5.75 Å². The normalized spacial score (nSPS) is 12.4. The Morgan fingerprint density at radius 3 is 3.00 bits per heavy atom. The molecule has 15 heavy (non-hydrogen) atoms. The highest BCUT2D eigenvalue weighted by Crippen LogP contribution is 2.07. The van der Waals surface area contributed by atoms with Gasteiger partial charge in [-0.25, -0.2) is 0 Å². The molecule has 0 aromatic carbocycles. The van der Waals surface area contributed by atoms with Gasteiger partial charge in [0.15, 0.2) is 0 Å². The van der Waals surface area contributed by atoms with Gasteiger partial charge in [-0.1, -0.05) is 0 Å². The predicted molar refractivity (Wildman–Crippen MR) is 58.8 cm³/mol. The minimum Gasteiger partial charge on any atom is -0.492 e. The monoisotopic (exact) mass is 210 g/mol. The van der Waals surface area contributed by atoms with E-state index in [1.54, 1.807) is 12.4 Å². The third kappa shape index (κ3) is 4.76. The summed E-state index contributed by atoms with van der Waals surface area (Å²) in [6.45, 7) is 3.79. The molecule has 0 aliphatic rings. The molecule has 1 aromatic rings. The fraction of sp³-hybridized carbons (Fsp3) is 0.545. The molecule has 4 heteroatoms. The maximum Gasteiger partial charge on any atom is 0.137 e. The SMILES string of the molecule is CCOC(CN)CCOc1cccnc1. The molecule has 0 fully saturated rings. The van der Waals surface area contributed by atoms with Gasteiger partial charge in [0.1, 0.15) is 5.75 Å². The largest absolute Gasteiger partial charge is 0.492 e. The maximum atomic E-state index is 5.55. The summed E-state index contributed by atoms with van der Waals surface area (Å²) in [5.41, 5.74) is 5.55. The second-order valence-electron chi connectivity index (χ2n) is 3.14. The van der Waals surface area contributed by atoms with Crippen molar-refractivity contribution < 1.29 is 9.47 Å². The Bertz CT molecular complexity index is 254. The second-order valence-corrected chi connectivity index (χ2v) is 3.14. The molecule has 1 atom stereocenters. The third-order valence-electron chi connectivity index (χ3n) is 2.01. The Morgan fingerprint density at radius 2 is 2.40 bits per heavy atom. The van der Waals surface area contributed by atoms with E-state index in [2.05, 4.69) is 4.98 Å². The van der Waals surface area contributed by atoms with E-state index >= 15 is 0 Å². The van der Waals surface area contributed by atoms with Crippen molar-refractivity contribution in [2.45, 2.75) is 19.4 Å². The van der Waals surface area contributed by atoms with Gasteiger partial charge in [0, 0.05) is 25.8 Å². The highest BCUT2D eigenvalue weighted by molar-refractivity contribution is 5.15. The zero-order valence-corrected chi connectivity index (χ0v) is 9.06. The van der Waals surface area contributed by atoms with Crippen LogP contribution < -0.4 is 10.5 Å². The van der Waals surface area contributed by atoms with E-state index < -0.39 is 0 Å². The lowest BCUT2D eigenvalue weighted by molar-refractivity contribution is 0.0526. The van der Waals surface area contributed by atoms with Crippen molar-refractivity contribution in [2.75, 3.05) is 19.8 Å². The van der Waals surface area contributed by atoms with Gasteiger partial charge in [-0.15, -0.1) is 0 Å². The second kappa shape index (κ2) is 7.20. The first-order chi connectivity index (χ1) is 7.36. The molecule has 1 rings (SSSR count). The van der Waals surface area contributed by atoms with Crippen molar-refractivity contribution in [3.05, 3.63) is 24.5 Å². The number of hydrogen-bond acceptors (Lipinski definition) is 4. The van der Waals surface area contributed by atoms with Crippen LogP contribution in [-0.2, 0) is 4.74 Å². The van der Waals surface area contributed by atoms with Gasteiger partial charge in [0.25, 0.3) is 0 Å². The Kier molecular flexibility index (Phi) is 5.73. The van der Waals surface area contributed by atoms with Gasteiger partial charge in [0.2, 0.25) is 0 Å². The molecule has 0 spiro atoms. The number of aromatic nitrogens is 1. The molecular weight excluding hydrogens is 192 g/mol. The first-order valence-corrected chi connectivity index (χ1v) is 5.21. The van der Waals surface area contributed by atoms with Gasteiger partial charge in [0.05, 0.1) is 18.9 Å². The molecule has 4 nitrogen and oxygen atoms in total. The lowest BCUT2D eigenvalue weighted by Crippen LogP contribution is -2.25. The molecule has 84 valence electrons. The lowest BCUT2D eigenvalue weighted by Gasteiger charge is -2.14. The molecule has 1 aromatic heterocycles. The summed E-state index contributed by atoms with van der Waals surface area (Å²) in [5, 5.41) is 0. The van der Waals surface area contributed by atoms with Crippen LogP contribution in [0, 0.1) is 0 Å². The quantitative estimate of drug-likeness (QED) is 0.735. The van der Waals surface area contributed by atoms with Crippen molar-refractivity contribution >= 4 is 0 Å². The fourth-order valence-electron chi connectivity index (χ4n) is 1.25. The number of nitrogens with two attached hydrogens (primary N) is 1. The van der Waals surface area contributed by atoms with E-state index in [1.807, 2.05) is 19.1 Å². The Hall–Kier alpha value is -1.13. The highest BCUT2D eigenvalue weighted by Gasteiger charge is 2.05. The summed E-state index contributed by atoms with van der Waals surface area (Å²) in [6, 6.07) is 3.73. The molecule has 0 saturated heterocycles. The molecule has 1 unspecified atom stereocenters. The first kappa shape index (κ1) is 11.9. The third-order valence-corrected chi connectivity index (χ3v) is 2.01. The van der Waals surface area contributed by atoms with E-state index in [0.717, 1.165) is 12.2 Å². The van der Waals surface area contributed by atoms with Gasteiger partial charge in [-0.3, -0.25) is 4.98 Å². The Morgan fingerprint density at radius 1 is 1.53 bits per heavy atom. The van der Waals surface area contributed by atoms with Crippen LogP contribution in [-0.4, -0.2) is 30.8 Å². The van der Waals surface area contributed by atoms with Crippen molar-refractivity contribution in [3.63, 3.8) is 0 Å².